The third kappa shape index (κ3) is 7.87. The molecule has 0 saturated carbocycles. The van der Waals surface area contributed by atoms with Crippen LogP contribution in [-0.2, 0) is 16.6 Å². The van der Waals surface area contributed by atoms with E-state index in [1.54, 1.807) is 42.5 Å². The molecule has 8 nitrogen and oxygen atoms in total. The molecule has 0 spiro atoms. The fourth-order valence-corrected chi connectivity index (χ4v) is 6.67. The molecule has 49 heavy (non-hydrogen) atoms. The summed E-state index contributed by atoms with van der Waals surface area (Å²) in [5.74, 6) is 0.202. The van der Waals surface area contributed by atoms with Gasteiger partial charge in [0.2, 0.25) is 0 Å². The Morgan fingerprint density at radius 2 is 1.57 bits per heavy atom. The van der Waals surface area contributed by atoms with Crippen molar-refractivity contribution in [1.82, 2.24) is 9.55 Å². The van der Waals surface area contributed by atoms with Crippen molar-refractivity contribution in [2.24, 2.45) is 0 Å². The number of carbonyl (C=O) groups is 1. The summed E-state index contributed by atoms with van der Waals surface area (Å²) in [5, 5.41) is 10.6. The number of ether oxygens (including phenoxy) is 1. The molecule has 5 aromatic carbocycles. The van der Waals surface area contributed by atoms with Crippen molar-refractivity contribution in [1.29, 1.82) is 0 Å². The summed E-state index contributed by atoms with van der Waals surface area (Å²) in [6, 6.07) is 32.5. The van der Waals surface area contributed by atoms with E-state index in [4.69, 9.17) is 32.9 Å². The Labute approximate surface area is 293 Å². The van der Waals surface area contributed by atoms with Crippen LogP contribution in [0.1, 0.15) is 28.7 Å². The number of sulfonamides is 1. The van der Waals surface area contributed by atoms with Crippen molar-refractivity contribution in [3.8, 4) is 33.9 Å². The second kappa shape index (κ2) is 14.4. The maximum atomic E-state index is 13.0. The van der Waals surface area contributed by atoms with Gasteiger partial charge in [-0.1, -0.05) is 83.9 Å². The highest BCUT2D eigenvalue weighted by Crippen LogP contribution is 2.34. The van der Waals surface area contributed by atoms with Crippen molar-refractivity contribution in [2.75, 3.05) is 4.72 Å². The lowest BCUT2D eigenvalue weighted by Gasteiger charge is -2.15. The molecule has 0 aliphatic rings. The fourth-order valence-electron chi connectivity index (χ4n) is 5.08. The summed E-state index contributed by atoms with van der Waals surface area (Å²) in [6.07, 6.45) is 5.94. The zero-order chi connectivity index (χ0) is 34.5. The number of carboxylic acids is 1. The van der Waals surface area contributed by atoms with Gasteiger partial charge in [0.25, 0.3) is 10.0 Å². The Kier molecular flexibility index (Phi) is 9.87. The van der Waals surface area contributed by atoms with Crippen LogP contribution in [0.25, 0.3) is 34.5 Å². The minimum Gasteiger partial charge on any atom is -0.478 e. The molecular weight excluding hydrogens is 681 g/mol. The molecular formula is C38H29Cl2N3O5S. The third-order valence-electron chi connectivity index (χ3n) is 7.63. The molecule has 0 aliphatic heterocycles. The van der Waals surface area contributed by atoms with Gasteiger partial charge in [0, 0.05) is 23.3 Å². The van der Waals surface area contributed by atoms with Gasteiger partial charge in [0.05, 0.1) is 26.9 Å². The van der Waals surface area contributed by atoms with E-state index < -0.39 is 16.0 Å². The molecule has 1 aromatic heterocycles. The summed E-state index contributed by atoms with van der Waals surface area (Å²) in [5.41, 5.74) is 4.43. The fraction of sp³-hybridized carbons (Fsp3) is 0.0526. The average Bonchev–Trinajstić information content (AvgIpc) is 3.52. The first-order chi connectivity index (χ1) is 23.6. The lowest BCUT2D eigenvalue weighted by molar-refractivity contribution is 0.0697. The number of hydrogen-bond donors (Lipinski definition) is 2. The van der Waals surface area contributed by atoms with Gasteiger partial charge in [-0.25, -0.2) is 18.2 Å². The van der Waals surface area contributed by atoms with E-state index in [2.05, 4.69) is 16.2 Å². The molecule has 0 amide bonds. The number of imidazole rings is 1. The lowest BCUT2D eigenvalue weighted by atomic mass is 10.0. The van der Waals surface area contributed by atoms with Gasteiger partial charge in [0.15, 0.2) is 5.75 Å². The molecule has 0 aliphatic carbocycles. The Morgan fingerprint density at radius 1 is 0.878 bits per heavy atom. The highest BCUT2D eigenvalue weighted by Gasteiger charge is 2.19. The maximum absolute atomic E-state index is 13.0. The zero-order valence-corrected chi connectivity index (χ0v) is 28.4. The topological polar surface area (TPSA) is 111 Å². The Morgan fingerprint density at radius 3 is 2.22 bits per heavy atom. The number of halogens is 2. The van der Waals surface area contributed by atoms with Crippen LogP contribution in [0.5, 0.6) is 11.5 Å². The third-order valence-corrected chi connectivity index (χ3v) is 9.56. The van der Waals surface area contributed by atoms with E-state index in [0.29, 0.717) is 15.8 Å². The highest BCUT2D eigenvalue weighted by atomic mass is 35.5. The summed E-state index contributed by atoms with van der Waals surface area (Å²) in [6.45, 7) is 2.80. The van der Waals surface area contributed by atoms with Gasteiger partial charge >= 0.3 is 5.97 Å². The molecule has 1 heterocycles. The number of hydrogen-bond acceptors (Lipinski definition) is 5. The second-order valence-electron chi connectivity index (χ2n) is 10.9. The molecule has 6 aromatic rings. The van der Waals surface area contributed by atoms with E-state index in [1.807, 2.05) is 60.8 Å². The van der Waals surface area contributed by atoms with Crippen LogP contribution < -0.4 is 9.46 Å². The number of carboxylic acid groups (broad SMARTS) is 1. The minimum atomic E-state index is -4.00. The molecule has 0 bridgehead atoms. The number of nitrogens with zero attached hydrogens (tertiary/aromatic N) is 2. The van der Waals surface area contributed by atoms with Gasteiger partial charge in [-0.3, -0.25) is 4.72 Å². The number of anilines is 1. The number of aryl methyl sites for hydroxylation is 1. The molecule has 6 rings (SSSR count). The van der Waals surface area contributed by atoms with Crippen LogP contribution in [0, 0.1) is 0 Å². The van der Waals surface area contributed by atoms with Crippen molar-refractivity contribution in [3.63, 3.8) is 0 Å². The quantitative estimate of drug-likeness (QED) is 0.139. The molecule has 11 heteroatoms. The lowest BCUT2D eigenvalue weighted by Crippen LogP contribution is -2.14. The molecule has 2 N–H and O–H groups in total. The summed E-state index contributed by atoms with van der Waals surface area (Å²) >= 11 is 12.5. The Bertz CT molecular complexity index is 2270. The average molecular weight is 711 g/mol. The molecule has 0 fully saturated rings. The van der Waals surface area contributed by atoms with Crippen molar-refractivity contribution in [2.45, 2.75) is 18.4 Å². The zero-order valence-electron chi connectivity index (χ0n) is 26.0. The van der Waals surface area contributed by atoms with Gasteiger partial charge in [-0.2, -0.15) is 0 Å². The summed E-state index contributed by atoms with van der Waals surface area (Å²) in [7, 11) is -4.00. The van der Waals surface area contributed by atoms with Crippen LogP contribution >= 0.6 is 23.2 Å². The first-order valence-corrected chi connectivity index (χ1v) is 17.4. The van der Waals surface area contributed by atoms with E-state index in [9.17, 15) is 18.3 Å². The monoisotopic (exact) mass is 709 g/mol. The van der Waals surface area contributed by atoms with Crippen LogP contribution in [-0.4, -0.2) is 29.0 Å². The van der Waals surface area contributed by atoms with Crippen molar-refractivity contribution in [3.05, 3.63) is 148 Å². The van der Waals surface area contributed by atoms with Crippen LogP contribution in [0.15, 0.2) is 126 Å². The van der Waals surface area contributed by atoms with E-state index in [1.165, 1.54) is 30.3 Å². The molecule has 0 unspecified atom stereocenters. The number of aromatic nitrogens is 2. The molecule has 0 saturated heterocycles. The Hall–Kier alpha value is -5.35. The predicted octanol–water partition coefficient (Wildman–Crippen LogP) is 10.0. The summed E-state index contributed by atoms with van der Waals surface area (Å²) < 4.78 is 36.5. The van der Waals surface area contributed by atoms with Gasteiger partial charge in [-0.15, -0.1) is 0 Å². The summed E-state index contributed by atoms with van der Waals surface area (Å²) in [4.78, 5) is 16.4. The smallest absolute Gasteiger partial charge is 0.335 e. The van der Waals surface area contributed by atoms with Gasteiger partial charge < -0.3 is 14.4 Å². The van der Waals surface area contributed by atoms with E-state index in [-0.39, 0.29) is 21.9 Å². The van der Waals surface area contributed by atoms with Crippen molar-refractivity contribution >= 4 is 57.0 Å². The molecule has 246 valence electrons. The van der Waals surface area contributed by atoms with E-state index in [0.717, 1.165) is 40.3 Å². The normalized spacial score (nSPS) is 11.5. The SMILES string of the molecule is CCn1cc(-c2ccc(Cl)cc2Cl)nc1C=Cc1ccc(-c2ccc(Oc3ccc(C(=O)O)cc3NS(=O)(=O)c3ccccc3)cc2)cc1. The first-order valence-electron chi connectivity index (χ1n) is 15.1. The van der Waals surface area contributed by atoms with Crippen LogP contribution in [0.4, 0.5) is 5.69 Å². The Balaban J connectivity index is 1.17. The predicted molar refractivity (Wildman–Crippen MR) is 195 cm³/mol. The van der Waals surface area contributed by atoms with Crippen LogP contribution in [0.2, 0.25) is 10.0 Å². The van der Waals surface area contributed by atoms with E-state index >= 15 is 0 Å². The van der Waals surface area contributed by atoms with Crippen molar-refractivity contribution < 1.29 is 23.1 Å². The maximum Gasteiger partial charge on any atom is 0.335 e. The molecule has 0 radical (unpaired) electrons. The number of aromatic carboxylic acids is 1. The largest absolute Gasteiger partial charge is 0.478 e. The number of rotatable bonds is 11. The first kappa shape index (κ1) is 33.5. The second-order valence-corrected chi connectivity index (χ2v) is 13.4. The highest BCUT2D eigenvalue weighted by molar-refractivity contribution is 7.92. The van der Waals surface area contributed by atoms with Crippen LogP contribution in [0.3, 0.4) is 0 Å². The van der Waals surface area contributed by atoms with Gasteiger partial charge in [-0.05, 0) is 90.4 Å². The molecule has 0 atom stereocenters. The standard InChI is InChI=1S/C38H29Cl2N3O5S/c1-2-43-24-35(32-19-16-29(39)23-33(32)40)41-37(43)21-10-25-8-11-26(12-9-25)27-13-17-30(18-14-27)48-36-20-15-28(38(44)45)22-34(36)42-49(46,47)31-6-4-3-5-7-31/h3-24,42H,2H2,1H3,(H,44,45). The van der Waals surface area contributed by atoms with Gasteiger partial charge in [0.1, 0.15) is 11.6 Å². The number of benzene rings is 5. The number of nitrogens with one attached hydrogen (secondary N) is 1. The minimum absolute atomic E-state index is 0.00267.